The van der Waals surface area contributed by atoms with Gasteiger partial charge in [-0.15, -0.1) is 0 Å². The summed E-state index contributed by atoms with van der Waals surface area (Å²) in [7, 11) is -3.87. The van der Waals surface area contributed by atoms with Crippen molar-refractivity contribution in [1.82, 2.24) is 0 Å². The predicted octanol–water partition coefficient (Wildman–Crippen LogP) is 2.97. The van der Waals surface area contributed by atoms with Crippen molar-refractivity contribution in [2.24, 2.45) is 0 Å². The van der Waals surface area contributed by atoms with Gasteiger partial charge in [0.1, 0.15) is 11.5 Å². The van der Waals surface area contributed by atoms with Gasteiger partial charge in [0.05, 0.1) is 10.6 Å². The molecule has 0 bridgehead atoms. The van der Waals surface area contributed by atoms with Gasteiger partial charge >= 0.3 is 0 Å². The van der Waals surface area contributed by atoms with E-state index in [0.29, 0.717) is 0 Å². The molecule has 0 aliphatic heterocycles. The molecule has 0 fully saturated rings. The van der Waals surface area contributed by atoms with Crippen LogP contribution in [0, 0.1) is 5.82 Å². The van der Waals surface area contributed by atoms with Crippen LogP contribution in [0.25, 0.3) is 0 Å². The molecule has 19 heavy (non-hydrogen) atoms. The van der Waals surface area contributed by atoms with Crippen LogP contribution in [0.15, 0.2) is 51.8 Å². The third-order valence-electron chi connectivity index (χ3n) is 2.41. The van der Waals surface area contributed by atoms with Crippen molar-refractivity contribution < 1.29 is 12.8 Å². The molecule has 2 aromatic rings. The molecule has 0 unspecified atom stereocenters. The lowest BCUT2D eigenvalue weighted by atomic mass is 10.3. The van der Waals surface area contributed by atoms with E-state index in [2.05, 4.69) is 20.7 Å². The van der Waals surface area contributed by atoms with E-state index in [1.54, 1.807) is 12.1 Å². The predicted molar refractivity (Wildman–Crippen MR) is 75.8 cm³/mol. The molecule has 0 aliphatic rings. The molecule has 0 radical (unpaired) electrons. The van der Waals surface area contributed by atoms with Gasteiger partial charge in [-0.05, 0) is 36.4 Å². The first-order chi connectivity index (χ1) is 8.90. The van der Waals surface area contributed by atoms with E-state index in [4.69, 9.17) is 5.73 Å². The van der Waals surface area contributed by atoms with Gasteiger partial charge in [0.25, 0.3) is 10.0 Å². The highest BCUT2D eigenvalue weighted by molar-refractivity contribution is 9.10. The summed E-state index contributed by atoms with van der Waals surface area (Å²) in [6.07, 6.45) is 0. The molecule has 2 rings (SSSR count). The fourth-order valence-corrected chi connectivity index (χ4v) is 2.82. The van der Waals surface area contributed by atoms with Gasteiger partial charge in [0.15, 0.2) is 0 Å². The van der Waals surface area contributed by atoms with Crippen molar-refractivity contribution in [1.29, 1.82) is 0 Å². The summed E-state index contributed by atoms with van der Waals surface area (Å²) >= 11 is 3.21. The maximum Gasteiger partial charge on any atom is 0.262 e. The number of nitrogens with two attached hydrogens (primary N) is 1. The van der Waals surface area contributed by atoms with Crippen molar-refractivity contribution in [3.8, 4) is 0 Å². The van der Waals surface area contributed by atoms with Gasteiger partial charge in [0.2, 0.25) is 0 Å². The third-order valence-corrected chi connectivity index (χ3v) is 4.30. The summed E-state index contributed by atoms with van der Waals surface area (Å²) in [6, 6.07) is 9.94. The summed E-state index contributed by atoms with van der Waals surface area (Å²) in [5, 5.41) is 0. The summed E-state index contributed by atoms with van der Waals surface area (Å²) in [6.45, 7) is 0. The fourth-order valence-electron chi connectivity index (χ4n) is 1.46. The average molecular weight is 345 g/mol. The Bertz CT molecular complexity index is 682. The quantitative estimate of drug-likeness (QED) is 0.840. The van der Waals surface area contributed by atoms with Crippen LogP contribution < -0.4 is 10.5 Å². The van der Waals surface area contributed by atoms with Gasteiger partial charge in [-0.3, -0.25) is 4.72 Å². The van der Waals surface area contributed by atoms with Crippen LogP contribution >= 0.6 is 15.9 Å². The molecule has 3 N–H and O–H groups in total. The molecule has 0 saturated heterocycles. The molecule has 0 saturated carbocycles. The van der Waals surface area contributed by atoms with Gasteiger partial charge in [-0.2, -0.15) is 0 Å². The molecule has 2 aromatic carbocycles. The lowest BCUT2D eigenvalue weighted by Crippen LogP contribution is -2.15. The second kappa shape index (κ2) is 5.18. The Kier molecular flexibility index (Phi) is 3.77. The zero-order chi connectivity index (χ0) is 14.0. The van der Waals surface area contributed by atoms with Crippen molar-refractivity contribution in [2.75, 3.05) is 10.5 Å². The first-order valence-corrected chi connectivity index (χ1v) is 7.50. The maximum absolute atomic E-state index is 13.5. The zero-order valence-electron chi connectivity index (χ0n) is 9.60. The second-order valence-corrected chi connectivity index (χ2v) is 6.36. The number of benzene rings is 2. The highest BCUT2D eigenvalue weighted by Gasteiger charge is 2.17. The lowest BCUT2D eigenvalue weighted by molar-refractivity contribution is 0.598. The number of nitrogen functional groups attached to an aromatic ring is 1. The van der Waals surface area contributed by atoms with Crippen LogP contribution in [0.1, 0.15) is 0 Å². The number of rotatable bonds is 3. The lowest BCUT2D eigenvalue weighted by Gasteiger charge is -2.11. The van der Waals surface area contributed by atoms with Gasteiger partial charge in [-0.1, -0.05) is 22.0 Å². The minimum Gasteiger partial charge on any atom is -0.397 e. The highest BCUT2D eigenvalue weighted by atomic mass is 79.9. The Balaban J connectivity index is 2.39. The molecule has 0 spiro atoms. The molecule has 7 heteroatoms. The van der Waals surface area contributed by atoms with E-state index in [9.17, 15) is 12.8 Å². The van der Waals surface area contributed by atoms with Gasteiger partial charge in [0, 0.05) is 4.47 Å². The number of nitrogens with one attached hydrogen (secondary N) is 1. The van der Waals surface area contributed by atoms with Crippen LogP contribution in [-0.2, 0) is 10.0 Å². The van der Waals surface area contributed by atoms with Crippen LogP contribution in [0.5, 0.6) is 0 Å². The van der Waals surface area contributed by atoms with Crippen LogP contribution in [0.2, 0.25) is 0 Å². The largest absolute Gasteiger partial charge is 0.397 e. The normalized spacial score (nSPS) is 11.3. The first kappa shape index (κ1) is 13.8. The van der Waals surface area contributed by atoms with E-state index in [1.165, 1.54) is 24.3 Å². The van der Waals surface area contributed by atoms with E-state index in [1.807, 2.05) is 0 Å². The summed E-state index contributed by atoms with van der Waals surface area (Å²) in [4.78, 5) is 0.0263. The number of anilines is 2. The summed E-state index contributed by atoms with van der Waals surface area (Å²) in [5.41, 5.74) is 5.34. The standard InChI is InChI=1S/C12H10BrFN2O2S/c13-8-4-6-9(7-5-8)19(17,18)16-12-10(14)2-1-3-11(12)15/h1-7,16H,15H2. The number of hydrogen-bond acceptors (Lipinski definition) is 3. The molecule has 100 valence electrons. The Morgan fingerprint density at radius 1 is 1.11 bits per heavy atom. The van der Waals surface area contributed by atoms with Crippen LogP contribution in [-0.4, -0.2) is 8.42 Å². The van der Waals surface area contributed by atoms with E-state index < -0.39 is 15.8 Å². The molecule has 0 heterocycles. The molecule has 4 nitrogen and oxygen atoms in total. The number of sulfonamides is 1. The Labute approximate surface area is 118 Å². The zero-order valence-corrected chi connectivity index (χ0v) is 12.0. The minimum atomic E-state index is -3.87. The SMILES string of the molecule is Nc1cccc(F)c1NS(=O)(=O)c1ccc(Br)cc1. The summed E-state index contributed by atoms with van der Waals surface area (Å²) in [5.74, 6) is -0.722. The molecule has 0 aromatic heterocycles. The van der Waals surface area contributed by atoms with Crippen molar-refractivity contribution in [3.05, 3.63) is 52.8 Å². The topological polar surface area (TPSA) is 72.2 Å². The average Bonchev–Trinajstić information content (AvgIpc) is 2.35. The number of hydrogen-bond donors (Lipinski definition) is 2. The first-order valence-electron chi connectivity index (χ1n) is 5.22. The molecule has 0 atom stereocenters. The van der Waals surface area contributed by atoms with Crippen molar-refractivity contribution >= 4 is 37.3 Å². The van der Waals surface area contributed by atoms with Crippen molar-refractivity contribution in [2.45, 2.75) is 4.90 Å². The second-order valence-electron chi connectivity index (χ2n) is 3.76. The monoisotopic (exact) mass is 344 g/mol. The maximum atomic E-state index is 13.5. The van der Waals surface area contributed by atoms with Gasteiger partial charge < -0.3 is 5.73 Å². The number of para-hydroxylation sites is 1. The summed E-state index contributed by atoms with van der Waals surface area (Å²) < 4.78 is 40.6. The van der Waals surface area contributed by atoms with E-state index in [-0.39, 0.29) is 16.3 Å². The smallest absolute Gasteiger partial charge is 0.262 e. The third kappa shape index (κ3) is 3.05. The molecule has 0 amide bonds. The molecular weight excluding hydrogens is 335 g/mol. The van der Waals surface area contributed by atoms with E-state index in [0.717, 1.165) is 10.5 Å². The number of halogens is 2. The Hall–Kier alpha value is -1.60. The molecular formula is C12H10BrFN2O2S. The molecule has 0 aliphatic carbocycles. The minimum absolute atomic E-state index is 0.0263. The van der Waals surface area contributed by atoms with Gasteiger partial charge in [-0.25, -0.2) is 12.8 Å². The van der Waals surface area contributed by atoms with Crippen LogP contribution in [0.4, 0.5) is 15.8 Å². The fraction of sp³-hybridized carbons (Fsp3) is 0. The Morgan fingerprint density at radius 2 is 1.74 bits per heavy atom. The van der Waals surface area contributed by atoms with Crippen molar-refractivity contribution in [3.63, 3.8) is 0 Å². The van der Waals surface area contributed by atoms with Crippen LogP contribution in [0.3, 0.4) is 0 Å². The highest BCUT2D eigenvalue weighted by Crippen LogP contribution is 2.25. The Morgan fingerprint density at radius 3 is 2.32 bits per heavy atom. The van der Waals surface area contributed by atoms with E-state index >= 15 is 0 Å².